The summed E-state index contributed by atoms with van der Waals surface area (Å²) in [7, 11) is 3.59. The van der Waals surface area contributed by atoms with E-state index < -0.39 is 0 Å². The first-order valence-electron chi connectivity index (χ1n) is 5.14. The molecule has 0 aliphatic heterocycles. The predicted octanol–water partition coefficient (Wildman–Crippen LogP) is 2.71. The zero-order valence-electron chi connectivity index (χ0n) is 9.61. The van der Waals surface area contributed by atoms with Crippen LogP contribution in [0.25, 0.3) is 10.9 Å². The number of benzene rings is 1. The summed E-state index contributed by atoms with van der Waals surface area (Å²) in [4.78, 5) is 0. The second kappa shape index (κ2) is 3.57. The number of methoxy groups -OCH3 is 1. The van der Waals surface area contributed by atoms with E-state index in [0.717, 1.165) is 10.9 Å². The molecule has 0 aliphatic rings. The van der Waals surface area contributed by atoms with Crippen LogP contribution in [0, 0.1) is 0 Å². The molecule has 0 saturated heterocycles. The molecular weight excluding hydrogens is 188 g/mol. The Balaban J connectivity index is 2.68. The van der Waals surface area contributed by atoms with Gasteiger partial charge in [-0.2, -0.15) is 0 Å². The Bertz CT molecular complexity index is 486. The Labute approximate surface area is 89.7 Å². The molecule has 0 N–H and O–H groups in total. The molecule has 0 bridgehead atoms. The molecule has 0 amide bonds. The van der Waals surface area contributed by atoms with E-state index in [0.29, 0.717) is 11.8 Å². The number of hydrogen-bond donors (Lipinski definition) is 0. The van der Waals surface area contributed by atoms with Crippen molar-refractivity contribution in [3.63, 3.8) is 0 Å². The van der Waals surface area contributed by atoms with Gasteiger partial charge in [-0.05, 0) is 23.6 Å². The van der Waals surface area contributed by atoms with Crippen LogP contribution in [-0.2, 0) is 7.05 Å². The number of hydrogen-bond acceptors (Lipinski definition) is 2. The van der Waals surface area contributed by atoms with Crippen LogP contribution >= 0.6 is 0 Å². The van der Waals surface area contributed by atoms with Gasteiger partial charge in [0.1, 0.15) is 0 Å². The number of aryl methyl sites for hydroxylation is 1. The van der Waals surface area contributed by atoms with E-state index >= 15 is 0 Å². The fraction of sp³-hybridized carbons (Fsp3) is 0.417. The summed E-state index contributed by atoms with van der Waals surface area (Å²) in [6.45, 7) is 4.37. The van der Waals surface area contributed by atoms with E-state index in [1.54, 1.807) is 7.11 Å². The van der Waals surface area contributed by atoms with Gasteiger partial charge >= 0.3 is 0 Å². The minimum atomic E-state index is 0.527. The lowest BCUT2D eigenvalue weighted by Gasteiger charge is -2.05. The maximum Gasteiger partial charge on any atom is 0.240 e. The van der Waals surface area contributed by atoms with Crippen LogP contribution in [0.15, 0.2) is 18.2 Å². The highest BCUT2D eigenvalue weighted by Crippen LogP contribution is 2.27. The molecule has 3 heteroatoms. The van der Waals surface area contributed by atoms with Gasteiger partial charge in [0, 0.05) is 7.05 Å². The van der Waals surface area contributed by atoms with Crippen LogP contribution in [0.1, 0.15) is 25.3 Å². The maximum absolute atomic E-state index is 5.25. The van der Waals surface area contributed by atoms with Crippen molar-refractivity contribution in [1.29, 1.82) is 0 Å². The number of nitrogens with zero attached hydrogens (tertiary/aromatic N) is 2. The molecule has 3 nitrogen and oxygen atoms in total. The van der Waals surface area contributed by atoms with Gasteiger partial charge < -0.3 is 4.74 Å². The average Bonchev–Trinajstić information content (AvgIpc) is 2.55. The van der Waals surface area contributed by atoms with Crippen molar-refractivity contribution < 1.29 is 4.74 Å². The quantitative estimate of drug-likeness (QED) is 0.752. The van der Waals surface area contributed by atoms with Crippen LogP contribution in [0.3, 0.4) is 0 Å². The SMILES string of the molecule is COc1nn(C)c2ccc(C(C)C)cc12. The minimum absolute atomic E-state index is 0.527. The number of ether oxygens (including phenoxy) is 1. The molecule has 1 aromatic carbocycles. The van der Waals surface area contributed by atoms with E-state index in [1.807, 2.05) is 11.7 Å². The second-order valence-corrected chi connectivity index (χ2v) is 4.06. The maximum atomic E-state index is 5.25. The van der Waals surface area contributed by atoms with Gasteiger partial charge in [0.25, 0.3) is 0 Å². The number of aromatic nitrogens is 2. The highest BCUT2D eigenvalue weighted by atomic mass is 16.5. The molecule has 0 unspecified atom stereocenters. The third kappa shape index (κ3) is 1.58. The van der Waals surface area contributed by atoms with E-state index in [4.69, 9.17) is 4.74 Å². The first kappa shape index (κ1) is 10.0. The van der Waals surface area contributed by atoms with Crippen LogP contribution < -0.4 is 4.74 Å². The van der Waals surface area contributed by atoms with Crippen LogP contribution in [0.4, 0.5) is 0 Å². The molecule has 0 radical (unpaired) electrons. The number of rotatable bonds is 2. The molecule has 0 atom stereocenters. The van der Waals surface area contributed by atoms with Gasteiger partial charge in [-0.1, -0.05) is 19.9 Å². The van der Waals surface area contributed by atoms with E-state index in [-0.39, 0.29) is 0 Å². The first-order chi connectivity index (χ1) is 7.13. The molecule has 2 rings (SSSR count). The van der Waals surface area contributed by atoms with Crippen molar-refractivity contribution in [2.24, 2.45) is 7.05 Å². The molecular formula is C12H16N2O. The first-order valence-corrected chi connectivity index (χ1v) is 5.14. The van der Waals surface area contributed by atoms with Crippen molar-refractivity contribution in [3.8, 4) is 5.88 Å². The summed E-state index contributed by atoms with van der Waals surface area (Å²) in [5.74, 6) is 1.23. The largest absolute Gasteiger partial charge is 0.479 e. The second-order valence-electron chi connectivity index (χ2n) is 4.06. The van der Waals surface area contributed by atoms with Crippen molar-refractivity contribution in [1.82, 2.24) is 9.78 Å². The molecule has 2 aromatic rings. The minimum Gasteiger partial charge on any atom is -0.479 e. The lowest BCUT2D eigenvalue weighted by atomic mass is 10.0. The standard InChI is InChI=1S/C12H16N2O/c1-8(2)9-5-6-11-10(7-9)12(15-4)13-14(11)3/h5-8H,1-4H3. The average molecular weight is 204 g/mol. The molecule has 1 heterocycles. The predicted molar refractivity (Wildman–Crippen MR) is 61.4 cm³/mol. The molecule has 80 valence electrons. The Morgan fingerprint density at radius 1 is 1.33 bits per heavy atom. The molecule has 0 fully saturated rings. The Hall–Kier alpha value is -1.51. The third-order valence-corrected chi connectivity index (χ3v) is 2.70. The van der Waals surface area contributed by atoms with Gasteiger partial charge in [-0.15, -0.1) is 5.10 Å². The van der Waals surface area contributed by atoms with Gasteiger partial charge in [0.05, 0.1) is 18.0 Å². The summed E-state index contributed by atoms with van der Waals surface area (Å²) in [6, 6.07) is 6.40. The van der Waals surface area contributed by atoms with E-state index in [9.17, 15) is 0 Å². The van der Waals surface area contributed by atoms with Crippen molar-refractivity contribution >= 4 is 10.9 Å². The third-order valence-electron chi connectivity index (χ3n) is 2.70. The van der Waals surface area contributed by atoms with Crippen molar-refractivity contribution in [2.45, 2.75) is 19.8 Å². The van der Waals surface area contributed by atoms with Crippen molar-refractivity contribution in [3.05, 3.63) is 23.8 Å². The highest BCUT2D eigenvalue weighted by molar-refractivity contribution is 5.85. The molecule has 0 saturated carbocycles. The van der Waals surface area contributed by atoms with Crippen LogP contribution in [-0.4, -0.2) is 16.9 Å². The Kier molecular flexibility index (Phi) is 2.39. The topological polar surface area (TPSA) is 27.1 Å². The Morgan fingerprint density at radius 2 is 2.07 bits per heavy atom. The molecule has 0 spiro atoms. The van der Waals surface area contributed by atoms with Gasteiger partial charge in [0.15, 0.2) is 0 Å². The fourth-order valence-electron chi connectivity index (χ4n) is 1.76. The summed E-state index contributed by atoms with van der Waals surface area (Å²) < 4.78 is 7.10. The van der Waals surface area contributed by atoms with Gasteiger partial charge in [0.2, 0.25) is 5.88 Å². The monoisotopic (exact) mass is 204 g/mol. The zero-order valence-corrected chi connectivity index (χ0v) is 9.61. The fourth-order valence-corrected chi connectivity index (χ4v) is 1.76. The summed E-state index contributed by atoms with van der Waals surface area (Å²) in [5, 5.41) is 5.39. The Morgan fingerprint density at radius 3 is 2.67 bits per heavy atom. The van der Waals surface area contributed by atoms with Gasteiger partial charge in [-0.25, -0.2) is 0 Å². The van der Waals surface area contributed by atoms with Gasteiger partial charge in [-0.3, -0.25) is 4.68 Å². The lowest BCUT2D eigenvalue weighted by molar-refractivity contribution is 0.396. The van der Waals surface area contributed by atoms with Crippen LogP contribution in [0.5, 0.6) is 5.88 Å². The highest BCUT2D eigenvalue weighted by Gasteiger charge is 2.10. The van der Waals surface area contributed by atoms with E-state index in [2.05, 4.69) is 37.1 Å². The van der Waals surface area contributed by atoms with Crippen molar-refractivity contribution in [2.75, 3.05) is 7.11 Å². The molecule has 15 heavy (non-hydrogen) atoms. The summed E-state index contributed by atoms with van der Waals surface area (Å²) in [6.07, 6.45) is 0. The summed E-state index contributed by atoms with van der Waals surface area (Å²) in [5.41, 5.74) is 2.42. The smallest absolute Gasteiger partial charge is 0.240 e. The molecule has 0 aliphatic carbocycles. The molecule has 1 aromatic heterocycles. The van der Waals surface area contributed by atoms with Crippen LogP contribution in [0.2, 0.25) is 0 Å². The summed E-state index contributed by atoms with van der Waals surface area (Å²) >= 11 is 0. The zero-order chi connectivity index (χ0) is 11.0. The van der Waals surface area contributed by atoms with E-state index in [1.165, 1.54) is 5.56 Å². The number of fused-ring (bicyclic) bond motifs is 1. The lowest BCUT2D eigenvalue weighted by Crippen LogP contribution is -1.90. The normalized spacial score (nSPS) is 11.3.